The quantitative estimate of drug-likeness (QED) is 0.705. The Kier molecular flexibility index (Phi) is 7.38. The highest BCUT2D eigenvalue weighted by Gasteiger charge is 2.16. The van der Waals surface area contributed by atoms with Crippen LogP contribution in [0.4, 0.5) is 10.5 Å². The summed E-state index contributed by atoms with van der Waals surface area (Å²) < 4.78 is 31.4. The molecule has 0 fully saturated rings. The molecular weight excluding hydrogens is 348 g/mol. The topological polar surface area (TPSA) is 111 Å². The number of alkyl carbamates (subject to hydrolysis) is 1. The van der Waals surface area contributed by atoms with Crippen LogP contribution in [-0.4, -0.2) is 45.4 Å². The van der Waals surface area contributed by atoms with Crippen molar-refractivity contribution in [2.75, 3.05) is 24.7 Å². The Morgan fingerprint density at radius 2 is 1.72 bits per heavy atom. The van der Waals surface area contributed by atoms with E-state index in [0.29, 0.717) is 12.1 Å². The molecule has 1 aromatic carbocycles. The normalized spacial score (nSPS) is 11.7. The first-order valence-electron chi connectivity index (χ1n) is 7.65. The minimum Gasteiger partial charge on any atom is -0.444 e. The van der Waals surface area contributed by atoms with Gasteiger partial charge in [0.15, 0.2) is 0 Å². The van der Waals surface area contributed by atoms with E-state index < -0.39 is 21.8 Å². The predicted octanol–water partition coefficient (Wildman–Crippen LogP) is 1.67. The molecular formula is C16H24N2O6S. The van der Waals surface area contributed by atoms with Crippen LogP contribution in [0.25, 0.3) is 0 Å². The molecule has 0 atom stereocenters. The van der Waals surface area contributed by atoms with Gasteiger partial charge < -0.3 is 15.4 Å². The standard InChI is InChI=1S/C16H24N2O6S/c1-16(2,3)24-15(20)17-11-14(19)18-13-7-5-12(6-8-13)9-10-23-25(4,21)22/h5-8H,9-11H2,1-4H3,(H,17,20)(H,18,19). The Labute approximate surface area is 148 Å². The molecule has 140 valence electrons. The summed E-state index contributed by atoms with van der Waals surface area (Å²) in [5, 5.41) is 5.00. The number of anilines is 1. The van der Waals surface area contributed by atoms with Crippen LogP contribution in [0.15, 0.2) is 24.3 Å². The molecule has 2 amide bonds. The summed E-state index contributed by atoms with van der Waals surface area (Å²) in [7, 11) is -3.45. The lowest BCUT2D eigenvalue weighted by atomic mass is 10.1. The summed E-state index contributed by atoms with van der Waals surface area (Å²) in [5.41, 5.74) is 0.800. The summed E-state index contributed by atoms with van der Waals surface area (Å²) >= 11 is 0. The Hall–Kier alpha value is -2.13. The van der Waals surface area contributed by atoms with Crippen LogP contribution in [-0.2, 0) is 30.3 Å². The third-order valence-electron chi connectivity index (χ3n) is 2.72. The second-order valence-electron chi connectivity index (χ2n) is 6.38. The van der Waals surface area contributed by atoms with Gasteiger partial charge in [0.1, 0.15) is 12.1 Å². The summed E-state index contributed by atoms with van der Waals surface area (Å²) in [5.74, 6) is -0.390. The lowest BCUT2D eigenvalue weighted by Crippen LogP contribution is -2.37. The number of amides is 2. The van der Waals surface area contributed by atoms with Crippen molar-refractivity contribution in [2.45, 2.75) is 32.8 Å². The maximum Gasteiger partial charge on any atom is 0.408 e. The molecule has 0 saturated carbocycles. The molecule has 2 N–H and O–H groups in total. The van der Waals surface area contributed by atoms with Crippen LogP contribution >= 0.6 is 0 Å². The smallest absolute Gasteiger partial charge is 0.408 e. The van der Waals surface area contributed by atoms with Gasteiger partial charge in [-0.05, 0) is 44.9 Å². The first-order chi connectivity index (χ1) is 11.4. The van der Waals surface area contributed by atoms with E-state index in [-0.39, 0.29) is 19.1 Å². The van der Waals surface area contributed by atoms with Gasteiger partial charge in [-0.3, -0.25) is 8.98 Å². The number of ether oxygens (including phenoxy) is 1. The molecule has 0 aliphatic rings. The molecule has 1 aromatic rings. The number of benzene rings is 1. The average Bonchev–Trinajstić information content (AvgIpc) is 2.44. The molecule has 0 radical (unpaired) electrons. The highest BCUT2D eigenvalue weighted by Crippen LogP contribution is 2.10. The van der Waals surface area contributed by atoms with Crippen molar-refractivity contribution in [3.63, 3.8) is 0 Å². The van der Waals surface area contributed by atoms with Crippen LogP contribution in [0, 0.1) is 0 Å². The van der Waals surface area contributed by atoms with E-state index >= 15 is 0 Å². The van der Waals surface area contributed by atoms with Crippen LogP contribution in [0.2, 0.25) is 0 Å². The number of nitrogens with one attached hydrogen (secondary N) is 2. The molecule has 0 unspecified atom stereocenters. The van der Waals surface area contributed by atoms with Gasteiger partial charge in [-0.25, -0.2) is 4.79 Å². The van der Waals surface area contributed by atoms with Gasteiger partial charge in [-0.2, -0.15) is 8.42 Å². The summed E-state index contributed by atoms with van der Waals surface area (Å²) in [4.78, 5) is 23.2. The average molecular weight is 372 g/mol. The van der Waals surface area contributed by atoms with Gasteiger partial charge in [-0.15, -0.1) is 0 Å². The highest BCUT2D eigenvalue weighted by atomic mass is 32.2. The fraction of sp³-hybridized carbons (Fsp3) is 0.500. The van der Waals surface area contributed by atoms with E-state index in [9.17, 15) is 18.0 Å². The molecule has 9 heteroatoms. The Morgan fingerprint density at radius 3 is 2.24 bits per heavy atom. The second kappa shape index (κ2) is 8.82. The third kappa shape index (κ3) is 10.4. The van der Waals surface area contributed by atoms with Crippen molar-refractivity contribution < 1.29 is 26.9 Å². The van der Waals surface area contributed by atoms with E-state index in [1.807, 2.05) is 0 Å². The monoisotopic (exact) mass is 372 g/mol. The van der Waals surface area contributed by atoms with Crippen molar-refractivity contribution in [3.05, 3.63) is 29.8 Å². The largest absolute Gasteiger partial charge is 0.444 e. The van der Waals surface area contributed by atoms with E-state index in [0.717, 1.165) is 11.8 Å². The first kappa shape index (κ1) is 20.9. The van der Waals surface area contributed by atoms with Gasteiger partial charge in [0.25, 0.3) is 10.1 Å². The predicted molar refractivity (Wildman–Crippen MR) is 93.8 cm³/mol. The van der Waals surface area contributed by atoms with Gasteiger partial charge in [0, 0.05) is 5.69 Å². The number of carbonyl (C=O) groups excluding carboxylic acids is 2. The minimum absolute atomic E-state index is 0.0599. The van der Waals surface area contributed by atoms with Gasteiger partial charge in [0.05, 0.1) is 12.9 Å². The van der Waals surface area contributed by atoms with E-state index in [4.69, 9.17) is 4.74 Å². The zero-order valence-corrected chi connectivity index (χ0v) is 15.6. The molecule has 0 aromatic heterocycles. The highest BCUT2D eigenvalue weighted by molar-refractivity contribution is 7.85. The molecule has 0 heterocycles. The Morgan fingerprint density at radius 1 is 1.12 bits per heavy atom. The number of carbonyl (C=O) groups is 2. The molecule has 0 saturated heterocycles. The SMILES string of the molecule is CC(C)(C)OC(=O)NCC(=O)Nc1ccc(CCOS(C)(=O)=O)cc1. The molecule has 0 aliphatic heterocycles. The summed E-state index contributed by atoms with van der Waals surface area (Å²) in [6.45, 7) is 5.04. The van der Waals surface area contributed by atoms with E-state index in [1.54, 1.807) is 45.0 Å². The van der Waals surface area contributed by atoms with E-state index in [2.05, 4.69) is 14.8 Å². The van der Waals surface area contributed by atoms with Crippen molar-refractivity contribution >= 4 is 27.8 Å². The molecule has 0 bridgehead atoms. The van der Waals surface area contributed by atoms with Gasteiger partial charge >= 0.3 is 6.09 Å². The molecule has 0 aliphatic carbocycles. The Balaban J connectivity index is 2.39. The van der Waals surface area contributed by atoms with Crippen LogP contribution in [0.1, 0.15) is 26.3 Å². The van der Waals surface area contributed by atoms with Gasteiger partial charge in [0.2, 0.25) is 5.91 Å². The summed E-state index contributed by atoms with van der Waals surface area (Å²) in [6.07, 6.45) is 0.766. The van der Waals surface area contributed by atoms with E-state index in [1.165, 1.54) is 0 Å². The van der Waals surface area contributed by atoms with Crippen molar-refractivity contribution in [1.82, 2.24) is 5.32 Å². The molecule has 25 heavy (non-hydrogen) atoms. The minimum atomic E-state index is -3.45. The van der Waals surface area contributed by atoms with Crippen LogP contribution in [0.5, 0.6) is 0 Å². The molecule has 8 nitrogen and oxygen atoms in total. The maximum atomic E-state index is 11.8. The van der Waals surface area contributed by atoms with Crippen molar-refractivity contribution in [3.8, 4) is 0 Å². The lowest BCUT2D eigenvalue weighted by Gasteiger charge is -2.19. The van der Waals surface area contributed by atoms with Crippen molar-refractivity contribution in [1.29, 1.82) is 0 Å². The van der Waals surface area contributed by atoms with Crippen molar-refractivity contribution in [2.24, 2.45) is 0 Å². The van der Waals surface area contributed by atoms with Crippen LogP contribution in [0.3, 0.4) is 0 Å². The first-order valence-corrected chi connectivity index (χ1v) is 9.46. The molecule has 1 rings (SSSR count). The van der Waals surface area contributed by atoms with Gasteiger partial charge in [-0.1, -0.05) is 12.1 Å². The van der Waals surface area contributed by atoms with Crippen LogP contribution < -0.4 is 10.6 Å². The summed E-state index contributed by atoms with van der Waals surface area (Å²) in [6, 6.07) is 6.87. The fourth-order valence-corrected chi connectivity index (χ4v) is 2.12. The second-order valence-corrected chi connectivity index (χ2v) is 8.02. The maximum absolute atomic E-state index is 11.8. The zero-order chi connectivity index (χ0) is 19.1. The lowest BCUT2D eigenvalue weighted by molar-refractivity contribution is -0.115. The Bertz CT molecular complexity index is 692. The number of rotatable bonds is 7. The molecule has 0 spiro atoms. The zero-order valence-electron chi connectivity index (χ0n) is 14.8. The fourth-order valence-electron chi connectivity index (χ4n) is 1.74. The number of hydrogen-bond acceptors (Lipinski definition) is 6. The third-order valence-corrected chi connectivity index (χ3v) is 3.31. The number of hydrogen-bond donors (Lipinski definition) is 2.